The number of carbonyl (C=O) groups excluding carboxylic acids is 1. The van der Waals surface area contributed by atoms with Crippen molar-refractivity contribution in [1.29, 1.82) is 0 Å². The summed E-state index contributed by atoms with van der Waals surface area (Å²) in [6.07, 6.45) is -2.22. The number of ether oxygens (including phenoxy) is 3. The van der Waals surface area contributed by atoms with Crippen molar-refractivity contribution >= 4 is 41.2 Å². The van der Waals surface area contributed by atoms with Crippen molar-refractivity contribution in [1.82, 2.24) is 14.5 Å². The number of halogens is 4. The van der Waals surface area contributed by atoms with Crippen LogP contribution >= 0.6 is 24.2 Å². The summed E-state index contributed by atoms with van der Waals surface area (Å²) < 4.78 is 56.6. The number of piperidine rings is 1. The second-order valence-corrected chi connectivity index (χ2v) is 10.9. The number of hydrogen-bond donors (Lipinski definition) is 2. The first-order valence-electron chi connectivity index (χ1n) is 13.1. The Bertz CT molecular complexity index is 1620. The van der Waals surface area contributed by atoms with Gasteiger partial charge in [0.25, 0.3) is 0 Å². The van der Waals surface area contributed by atoms with E-state index in [2.05, 4.69) is 34.3 Å². The second-order valence-electron chi connectivity index (χ2n) is 10.1. The molecule has 1 atom stereocenters. The zero-order valence-electron chi connectivity index (χ0n) is 22.7. The number of fused-ring (bicyclic) bond motifs is 1. The first-order valence-corrected chi connectivity index (χ1v) is 13.9. The Hall–Kier alpha value is -3.61. The van der Waals surface area contributed by atoms with Crippen LogP contribution in [0.25, 0.3) is 16.7 Å². The average molecular weight is 621 g/mol. The van der Waals surface area contributed by atoms with Gasteiger partial charge in [0.2, 0.25) is 5.91 Å². The summed E-state index contributed by atoms with van der Waals surface area (Å²) in [7, 11) is 2.08. The number of nitrogens with zero attached hydrogens (tertiary/aromatic N) is 3. The fraction of sp³-hybridized carbons (Fsp3) is 0.310. The SMILES string of the molecule is C[C@@H](Oc1cc(-n2cnc3ccc(OC(F)(F)F)cc32)cc(C(N)=O)c1S)c1cccc(OC2CCN(C)CC2)c1Cl. The number of rotatable bonds is 8. The highest BCUT2D eigenvalue weighted by Crippen LogP contribution is 2.39. The van der Waals surface area contributed by atoms with Gasteiger partial charge in [-0.2, -0.15) is 0 Å². The maximum Gasteiger partial charge on any atom is 0.573 e. The molecule has 222 valence electrons. The van der Waals surface area contributed by atoms with Gasteiger partial charge < -0.3 is 24.8 Å². The third-order valence-electron chi connectivity index (χ3n) is 7.05. The molecule has 0 bridgehead atoms. The lowest BCUT2D eigenvalue weighted by molar-refractivity contribution is -0.274. The van der Waals surface area contributed by atoms with E-state index >= 15 is 0 Å². The summed E-state index contributed by atoms with van der Waals surface area (Å²) in [6.45, 7) is 3.67. The molecule has 1 fully saturated rings. The lowest BCUT2D eigenvalue weighted by Gasteiger charge is -2.30. The van der Waals surface area contributed by atoms with E-state index in [1.165, 1.54) is 35.2 Å². The highest BCUT2D eigenvalue weighted by atomic mass is 35.5. The standard InChI is InChI=1S/C29H28ClF3N4O4S/c1-16(20-4-3-5-24(26(20)30)40-18-8-10-36(2)11-9-18)39-25-13-17(12-21(27(25)42)28(34)38)37-15-35-22-7-6-19(14-23(22)37)41-29(31,32)33/h3-7,12-16,18,42H,8-11H2,1-2H3,(H2,34,38)/t16-/m1/s1. The zero-order valence-corrected chi connectivity index (χ0v) is 24.3. The van der Waals surface area contributed by atoms with E-state index in [1.54, 1.807) is 13.0 Å². The highest BCUT2D eigenvalue weighted by molar-refractivity contribution is 7.80. The maximum atomic E-state index is 12.8. The van der Waals surface area contributed by atoms with E-state index in [1.807, 2.05) is 18.2 Å². The van der Waals surface area contributed by atoms with Crippen LogP contribution in [0.1, 0.15) is 41.8 Å². The van der Waals surface area contributed by atoms with E-state index < -0.39 is 24.1 Å². The molecule has 13 heteroatoms. The number of carbonyl (C=O) groups is 1. The topological polar surface area (TPSA) is 91.8 Å². The molecular weight excluding hydrogens is 593 g/mol. The van der Waals surface area contributed by atoms with Gasteiger partial charge in [-0.15, -0.1) is 25.8 Å². The minimum atomic E-state index is -4.86. The lowest BCUT2D eigenvalue weighted by Crippen LogP contribution is -2.35. The molecule has 0 saturated carbocycles. The molecule has 1 aromatic heterocycles. The van der Waals surface area contributed by atoms with Crippen LogP contribution in [0.15, 0.2) is 59.8 Å². The number of amides is 1. The Morgan fingerprint density at radius 1 is 1.14 bits per heavy atom. The van der Waals surface area contributed by atoms with E-state index in [9.17, 15) is 18.0 Å². The monoisotopic (exact) mass is 620 g/mol. The molecule has 0 radical (unpaired) electrons. The van der Waals surface area contributed by atoms with Gasteiger partial charge in [-0.05, 0) is 51.1 Å². The second kappa shape index (κ2) is 11.9. The number of thiol groups is 1. The van der Waals surface area contributed by atoms with Crippen LogP contribution in [0.3, 0.4) is 0 Å². The van der Waals surface area contributed by atoms with Crippen LogP contribution in [-0.2, 0) is 0 Å². The summed E-state index contributed by atoms with van der Waals surface area (Å²) in [5.41, 5.74) is 7.42. The van der Waals surface area contributed by atoms with Gasteiger partial charge in [0.15, 0.2) is 0 Å². The molecule has 2 N–H and O–H groups in total. The van der Waals surface area contributed by atoms with Crippen molar-refractivity contribution in [2.75, 3.05) is 20.1 Å². The van der Waals surface area contributed by atoms with Gasteiger partial charge in [0, 0.05) is 30.8 Å². The first-order chi connectivity index (χ1) is 19.9. The molecule has 2 heterocycles. The number of imidazole rings is 1. The number of aromatic nitrogens is 2. The normalized spacial score (nSPS) is 15.5. The van der Waals surface area contributed by atoms with Gasteiger partial charge in [-0.25, -0.2) is 4.98 Å². The predicted octanol–water partition coefficient (Wildman–Crippen LogP) is 6.58. The van der Waals surface area contributed by atoms with Crippen LogP contribution in [0.2, 0.25) is 5.02 Å². The van der Waals surface area contributed by atoms with Gasteiger partial charge in [-0.1, -0.05) is 23.7 Å². The lowest BCUT2D eigenvalue weighted by atomic mass is 10.1. The molecule has 0 spiro atoms. The van der Waals surface area contributed by atoms with Crippen molar-refractivity contribution in [3.63, 3.8) is 0 Å². The third kappa shape index (κ3) is 6.55. The molecule has 1 aliphatic rings. The number of likely N-dealkylation sites (tertiary alicyclic amines) is 1. The Balaban J connectivity index is 1.47. The Labute approximate surface area is 250 Å². The predicted molar refractivity (Wildman–Crippen MR) is 155 cm³/mol. The summed E-state index contributed by atoms with van der Waals surface area (Å²) in [6, 6.07) is 12.3. The van der Waals surface area contributed by atoms with Crippen LogP contribution in [0.4, 0.5) is 13.2 Å². The number of hydrogen-bond acceptors (Lipinski definition) is 7. The number of benzene rings is 3. The van der Waals surface area contributed by atoms with Crippen molar-refractivity contribution in [3.05, 3.63) is 71.0 Å². The first kappa shape index (κ1) is 29.9. The third-order valence-corrected chi connectivity index (χ3v) is 7.92. The summed E-state index contributed by atoms with van der Waals surface area (Å²) in [4.78, 5) is 19.0. The van der Waals surface area contributed by atoms with Crippen molar-refractivity contribution in [2.24, 2.45) is 5.73 Å². The molecule has 1 saturated heterocycles. The van der Waals surface area contributed by atoms with Crippen LogP contribution in [0, 0.1) is 0 Å². The summed E-state index contributed by atoms with van der Waals surface area (Å²) in [5.74, 6) is -0.422. The van der Waals surface area contributed by atoms with Crippen LogP contribution in [-0.4, -0.2) is 53.0 Å². The van der Waals surface area contributed by atoms with E-state index in [0.29, 0.717) is 33.1 Å². The quantitative estimate of drug-likeness (QED) is 0.216. The summed E-state index contributed by atoms with van der Waals surface area (Å²) >= 11 is 11.3. The minimum Gasteiger partial charge on any atom is -0.489 e. The number of primary amides is 1. The van der Waals surface area contributed by atoms with Gasteiger partial charge >= 0.3 is 6.36 Å². The summed E-state index contributed by atoms with van der Waals surface area (Å²) in [5, 5.41) is 0.411. The van der Waals surface area contributed by atoms with Gasteiger partial charge in [-0.3, -0.25) is 9.36 Å². The van der Waals surface area contributed by atoms with Crippen LogP contribution in [0.5, 0.6) is 17.2 Å². The average Bonchev–Trinajstić information content (AvgIpc) is 3.34. The minimum absolute atomic E-state index is 0.0491. The van der Waals surface area contributed by atoms with Gasteiger partial charge in [0.05, 0.1) is 32.2 Å². The Kier molecular flexibility index (Phi) is 8.49. The molecule has 0 aliphatic carbocycles. The Morgan fingerprint density at radius 3 is 2.57 bits per heavy atom. The number of alkyl halides is 3. The highest BCUT2D eigenvalue weighted by Gasteiger charge is 2.31. The smallest absolute Gasteiger partial charge is 0.489 e. The molecule has 1 amide bonds. The van der Waals surface area contributed by atoms with E-state index in [4.69, 9.17) is 26.8 Å². The molecule has 42 heavy (non-hydrogen) atoms. The molecule has 4 aromatic rings. The molecule has 5 rings (SSSR count). The van der Waals surface area contributed by atoms with E-state index in [-0.39, 0.29) is 22.3 Å². The zero-order chi connectivity index (χ0) is 30.2. The van der Waals surface area contributed by atoms with E-state index in [0.717, 1.165) is 25.9 Å². The van der Waals surface area contributed by atoms with Gasteiger partial charge in [0.1, 0.15) is 35.8 Å². The molecule has 1 aliphatic heterocycles. The molecule has 8 nitrogen and oxygen atoms in total. The molecule has 3 aromatic carbocycles. The maximum absolute atomic E-state index is 12.8. The number of nitrogens with two attached hydrogens (primary N) is 1. The van der Waals surface area contributed by atoms with Crippen molar-refractivity contribution < 1.29 is 32.2 Å². The molecule has 0 unspecified atom stereocenters. The van der Waals surface area contributed by atoms with Crippen LogP contribution < -0.4 is 19.9 Å². The van der Waals surface area contributed by atoms with Crippen molar-refractivity contribution in [3.8, 4) is 22.9 Å². The largest absolute Gasteiger partial charge is 0.573 e. The van der Waals surface area contributed by atoms with Crippen molar-refractivity contribution in [2.45, 2.75) is 43.2 Å². The fourth-order valence-corrected chi connectivity index (χ4v) is 5.49. The Morgan fingerprint density at radius 2 is 1.88 bits per heavy atom. The fourth-order valence-electron chi connectivity index (χ4n) is 4.87. The molecular formula is C29H28ClF3N4O4S.